The maximum atomic E-state index is 8.65. The van der Waals surface area contributed by atoms with Crippen LogP contribution in [0.15, 0.2) is 12.1 Å². The molecule has 1 rings (SSSR count). The van der Waals surface area contributed by atoms with Crippen LogP contribution < -0.4 is 10.5 Å². The van der Waals surface area contributed by atoms with E-state index in [1.165, 1.54) is 7.11 Å². The molecule has 0 spiro atoms. The summed E-state index contributed by atoms with van der Waals surface area (Å²) in [7, 11) is 1.52. The van der Waals surface area contributed by atoms with Gasteiger partial charge in [-0.2, -0.15) is 5.26 Å². The molecule has 4 nitrogen and oxygen atoms in total. The number of ether oxygens (including phenoxy) is 1. The predicted octanol–water partition coefficient (Wildman–Crippen LogP) is 0.463. The standard InChI is InChI=1S/C9H11N3O/c1-13-9-5-7(2-3-10)4-8(6-11)12-9/h4-5H,2-3,10H2,1H3. The summed E-state index contributed by atoms with van der Waals surface area (Å²) >= 11 is 0. The molecule has 1 aromatic rings. The minimum atomic E-state index is 0.364. The van der Waals surface area contributed by atoms with Crippen molar-refractivity contribution in [3.8, 4) is 11.9 Å². The number of rotatable bonds is 3. The van der Waals surface area contributed by atoms with Gasteiger partial charge in [-0.15, -0.1) is 0 Å². The number of methoxy groups -OCH3 is 1. The minimum Gasteiger partial charge on any atom is -0.481 e. The zero-order chi connectivity index (χ0) is 9.68. The molecule has 0 saturated carbocycles. The second-order valence-corrected chi connectivity index (χ2v) is 2.55. The van der Waals surface area contributed by atoms with Crippen molar-refractivity contribution in [2.75, 3.05) is 13.7 Å². The van der Waals surface area contributed by atoms with Crippen molar-refractivity contribution >= 4 is 0 Å². The minimum absolute atomic E-state index is 0.364. The number of nitriles is 1. The van der Waals surface area contributed by atoms with E-state index < -0.39 is 0 Å². The Balaban J connectivity index is 3.01. The number of hydrogen-bond acceptors (Lipinski definition) is 4. The van der Waals surface area contributed by atoms with Crippen molar-refractivity contribution in [1.82, 2.24) is 4.98 Å². The number of hydrogen-bond donors (Lipinski definition) is 1. The van der Waals surface area contributed by atoms with E-state index in [9.17, 15) is 0 Å². The molecule has 4 heteroatoms. The molecule has 0 radical (unpaired) electrons. The highest BCUT2D eigenvalue weighted by Crippen LogP contribution is 2.11. The molecular weight excluding hydrogens is 166 g/mol. The van der Waals surface area contributed by atoms with Crippen LogP contribution in [-0.2, 0) is 6.42 Å². The molecule has 0 atom stereocenters. The summed E-state index contributed by atoms with van der Waals surface area (Å²) in [5.41, 5.74) is 6.74. The number of pyridine rings is 1. The smallest absolute Gasteiger partial charge is 0.214 e. The Bertz CT molecular complexity index is 330. The highest BCUT2D eigenvalue weighted by Gasteiger charge is 2.01. The van der Waals surface area contributed by atoms with E-state index in [-0.39, 0.29) is 0 Å². The van der Waals surface area contributed by atoms with Gasteiger partial charge in [0.2, 0.25) is 5.88 Å². The van der Waals surface area contributed by atoms with Crippen molar-refractivity contribution in [3.63, 3.8) is 0 Å². The first-order chi connectivity index (χ1) is 6.30. The van der Waals surface area contributed by atoms with E-state index in [0.29, 0.717) is 18.1 Å². The molecule has 13 heavy (non-hydrogen) atoms. The Hall–Kier alpha value is -1.60. The Kier molecular flexibility index (Phi) is 3.23. The lowest BCUT2D eigenvalue weighted by Crippen LogP contribution is -2.04. The van der Waals surface area contributed by atoms with Crippen molar-refractivity contribution in [1.29, 1.82) is 5.26 Å². The van der Waals surface area contributed by atoms with E-state index in [4.69, 9.17) is 15.7 Å². The molecule has 0 aromatic carbocycles. The van der Waals surface area contributed by atoms with Gasteiger partial charge >= 0.3 is 0 Å². The fourth-order valence-corrected chi connectivity index (χ4v) is 1.03. The molecule has 0 aliphatic heterocycles. The van der Waals surface area contributed by atoms with Gasteiger partial charge in [-0.25, -0.2) is 4.98 Å². The number of nitrogens with zero attached hydrogens (tertiary/aromatic N) is 2. The fraction of sp³-hybridized carbons (Fsp3) is 0.333. The van der Waals surface area contributed by atoms with E-state index in [1.54, 1.807) is 12.1 Å². The molecule has 0 aliphatic carbocycles. The van der Waals surface area contributed by atoms with Crippen LogP contribution >= 0.6 is 0 Å². The molecule has 0 unspecified atom stereocenters. The molecule has 0 amide bonds. The lowest BCUT2D eigenvalue weighted by Gasteiger charge is -2.02. The van der Waals surface area contributed by atoms with Gasteiger partial charge < -0.3 is 10.5 Å². The number of aromatic nitrogens is 1. The predicted molar refractivity (Wildman–Crippen MR) is 48.3 cm³/mol. The van der Waals surface area contributed by atoms with Gasteiger partial charge in [0.1, 0.15) is 11.8 Å². The summed E-state index contributed by atoms with van der Waals surface area (Å²) in [6.45, 7) is 0.554. The van der Waals surface area contributed by atoms with Crippen molar-refractivity contribution in [3.05, 3.63) is 23.4 Å². The maximum absolute atomic E-state index is 8.65. The quantitative estimate of drug-likeness (QED) is 0.728. The lowest BCUT2D eigenvalue weighted by atomic mass is 10.1. The van der Waals surface area contributed by atoms with Gasteiger partial charge in [-0.1, -0.05) is 0 Å². The second kappa shape index (κ2) is 4.43. The van der Waals surface area contributed by atoms with Gasteiger partial charge in [0.15, 0.2) is 0 Å². The van der Waals surface area contributed by atoms with Crippen molar-refractivity contribution in [2.45, 2.75) is 6.42 Å². The molecule has 0 saturated heterocycles. The van der Waals surface area contributed by atoms with E-state index in [1.807, 2.05) is 6.07 Å². The Morgan fingerprint density at radius 3 is 2.92 bits per heavy atom. The summed E-state index contributed by atoms with van der Waals surface area (Å²) in [6.07, 6.45) is 0.730. The first-order valence-corrected chi connectivity index (χ1v) is 3.95. The van der Waals surface area contributed by atoms with E-state index in [2.05, 4.69) is 4.98 Å². The average Bonchev–Trinajstić information content (AvgIpc) is 2.17. The molecule has 0 fully saturated rings. The summed E-state index contributed by atoms with van der Waals surface area (Å²) in [4.78, 5) is 3.93. The first kappa shape index (κ1) is 9.49. The van der Waals surface area contributed by atoms with Crippen LogP contribution in [0.3, 0.4) is 0 Å². The topological polar surface area (TPSA) is 71.9 Å². The van der Waals surface area contributed by atoms with Crippen molar-refractivity contribution < 1.29 is 4.74 Å². The summed E-state index contributed by atoms with van der Waals surface area (Å²) < 4.78 is 4.94. The SMILES string of the molecule is COc1cc(CCN)cc(C#N)n1. The second-order valence-electron chi connectivity index (χ2n) is 2.55. The molecule has 68 valence electrons. The van der Waals surface area contributed by atoms with Crippen LogP contribution in [0.2, 0.25) is 0 Å². The van der Waals surface area contributed by atoms with Gasteiger partial charge in [0, 0.05) is 6.07 Å². The van der Waals surface area contributed by atoms with Gasteiger partial charge in [-0.05, 0) is 24.6 Å². The lowest BCUT2D eigenvalue weighted by molar-refractivity contribution is 0.397. The molecule has 0 bridgehead atoms. The highest BCUT2D eigenvalue weighted by atomic mass is 16.5. The molecule has 0 aliphatic rings. The summed E-state index contributed by atoms with van der Waals surface area (Å²) in [6, 6.07) is 5.47. The molecule has 1 heterocycles. The van der Waals surface area contributed by atoms with Gasteiger partial charge in [-0.3, -0.25) is 0 Å². The first-order valence-electron chi connectivity index (χ1n) is 3.95. The van der Waals surface area contributed by atoms with Crippen LogP contribution in [0.4, 0.5) is 0 Å². The van der Waals surface area contributed by atoms with Crippen LogP contribution in [0, 0.1) is 11.3 Å². The molecule has 1 aromatic heterocycles. The summed E-state index contributed by atoms with van der Waals surface area (Å²) in [5.74, 6) is 0.461. The Morgan fingerprint density at radius 2 is 2.38 bits per heavy atom. The summed E-state index contributed by atoms with van der Waals surface area (Å²) in [5, 5.41) is 8.65. The van der Waals surface area contributed by atoms with E-state index in [0.717, 1.165) is 12.0 Å². The molecular formula is C9H11N3O. The largest absolute Gasteiger partial charge is 0.481 e. The zero-order valence-electron chi connectivity index (χ0n) is 7.45. The average molecular weight is 177 g/mol. The van der Waals surface area contributed by atoms with Crippen LogP contribution in [0.5, 0.6) is 5.88 Å². The highest BCUT2D eigenvalue weighted by molar-refractivity contribution is 5.31. The van der Waals surface area contributed by atoms with Crippen LogP contribution in [-0.4, -0.2) is 18.6 Å². The van der Waals surface area contributed by atoms with Gasteiger partial charge in [0.05, 0.1) is 7.11 Å². The number of nitrogens with two attached hydrogens (primary N) is 1. The third-order valence-corrected chi connectivity index (χ3v) is 1.62. The van der Waals surface area contributed by atoms with Gasteiger partial charge in [0.25, 0.3) is 0 Å². The third kappa shape index (κ3) is 2.42. The van der Waals surface area contributed by atoms with Crippen molar-refractivity contribution in [2.24, 2.45) is 5.73 Å². The van der Waals surface area contributed by atoms with E-state index >= 15 is 0 Å². The maximum Gasteiger partial charge on any atom is 0.214 e. The zero-order valence-corrected chi connectivity index (χ0v) is 7.45. The van der Waals surface area contributed by atoms with Crippen LogP contribution in [0.25, 0.3) is 0 Å². The monoisotopic (exact) mass is 177 g/mol. The fourth-order valence-electron chi connectivity index (χ4n) is 1.03. The Morgan fingerprint density at radius 1 is 1.62 bits per heavy atom. The van der Waals surface area contributed by atoms with Crippen LogP contribution in [0.1, 0.15) is 11.3 Å². The molecule has 2 N–H and O–H groups in total. The Labute approximate surface area is 77.0 Å². The normalized spacial score (nSPS) is 9.31. The third-order valence-electron chi connectivity index (χ3n) is 1.62.